The number of aromatic nitrogens is 4. The van der Waals surface area contributed by atoms with Crippen molar-refractivity contribution in [2.24, 2.45) is 11.8 Å². The Morgan fingerprint density at radius 1 is 1.09 bits per heavy atom. The van der Waals surface area contributed by atoms with Gasteiger partial charge < -0.3 is 10.2 Å². The molecule has 1 aliphatic heterocycles. The highest BCUT2D eigenvalue weighted by molar-refractivity contribution is 7.10. The van der Waals surface area contributed by atoms with E-state index in [1.165, 1.54) is 21.0 Å². The second kappa shape index (κ2) is 8.18. The number of rotatable bonds is 4. The summed E-state index contributed by atoms with van der Waals surface area (Å²) in [7, 11) is 0. The van der Waals surface area contributed by atoms with Crippen LogP contribution in [0.5, 0.6) is 0 Å². The number of hydrogen-bond donors (Lipinski definition) is 1. The van der Waals surface area contributed by atoms with Gasteiger partial charge >= 0.3 is 6.18 Å². The van der Waals surface area contributed by atoms with E-state index in [2.05, 4.69) is 30.7 Å². The summed E-state index contributed by atoms with van der Waals surface area (Å²) in [6.07, 6.45) is -0.740. The Balaban J connectivity index is 1.28. The van der Waals surface area contributed by atoms with Gasteiger partial charge in [-0.1, -0.05) is 0 Å². The molecule has 2 bridgehead atoms. The number of benzene rings is 1. The summed E-state index contributed by atoms with van der Waals surface area (Å²) in [5.74, 6) is 0.336. The van der Waals surface area contributed by atoms with Gasteiger partial charge in [0.05, 0.1) is 11.3 Å². The maximum atomic E-state index is 14.0. The second-order valence-electron chi connectivity index (χ2n) is 9.33. The minimum Gasteiger partial charge on any atom is -0.361 e. The monoisotopic (exact) mass is 502 g/mol. The summed E-state index contributed by atoms with van der Waals surface area (Å²) in [4.78, 5) is 7.00. The number of hydrogen-bond acceptors (Lipinski definition) is 6. The summed E-state index contributed by atoms with van der Waals surface area (Å²) in [5.41, 5.74) is 0.861. The van der Waals surface area contributed by atoms with Crippen LogP contribution in [-0.2, 0) is 6.18 Å². The highest BCUT2D eigenvalue weighted by Crippen LogP contribution is 2.41. The highest BCUT2D eigenvalue weighted by Gasteiger charge is 2.43. The molecule has 1 saturated carbocycles. The fraction of sp³-hybridized carbons (Fsp3) is 0.375. The molecular formula is C24H22F4N6S. The van der Waals surface area contributed by atoms with E-state index in [1.807, 2.05) is 6.92 Å². The van der Waals surface area contributed by atoms with Crippen molar-refractivity contribution in [1.29, 1.82) is 0 Å². The topological polar surface area (TPSA) is 58.4 Å². The van der Waals surface area contributed by atoms with Gasteiger partial charge in [0.15, 0.2) is 5.65 Å². The first-order valence-electron chi connectivity index (χ1n) is 11.4. The average molecular weight is 503 g/mol. The minimum absolute atomic E-state index is 0.107. The highest BCUT2D eigenvalue weighted by atomic mass is 32.1. The third-order valence-corrected chi connectivity index (χ3v) is 7.90. The summed E-state index contributed by atoms with van der Waals surface area (Å²) in [6.45, 7) is 3.86. The van der Waals surface area contributed by atoms with Gasteiger partial charge in [0.2, 0.25) is 5.95 Å². The molecule has 0 spiro atoms. The van der Waals surface area contributed by atoms with Gasteiger partial charge in [-0.15, -0.1) is 5.10 Å². The smallest absolute Gasteiger partial charge is 0.361 e. The Bertz CT molecular complexity index is 1380. The van der Waals surface area contributed by atoms with Crippen molar-refractivity contribution in [1.82, 2.24) is 19.0 Å². The number of fused-ring (bicyclic) bond motifs is 3. The SMILES string of the molecule is Cc1cc(N2C[C@H]3CC[C@@H](C2)[C@@H]3Nc2nc3c(-c4cc(F)cc(C(F)(F)F)c4)cccn3n2)sn1. The van der Waals surface area contributed by atoms with E-state index in [-0.39, 0.29) is 11.6 Å². The number of pyridine rings is 1. The van der Waals surface area contributed by atoms with Crippen LogP contribution in [0.3, 0.4) is 0 Å². The van der Waals surface area contributed by atoms with Gasteiger partial charge in [0.1, 0.15) is 10.8 Å². The molecule has 4 aromatic rings. The maximum absolute atomic E-state index is 14.0. The van der Waals surface area contributed by atoms with Crippen LogP contribution in [0.15, 0.2) is 42.6 Å². The molecule has 2 fully saturated rings. The number of halogens is 4. The van der Waals surface area contributed by atoms with E-state index in [9.17, 15) is 17.6 Å². The summed E-state index contributed by atoms with van der Waals surface area (Å²) in [5, 5.41) is 9.22. The molecule has 1 N–H and O–H groups in total. The number of anilines is 2. The van der Waals surface area contributed by atoms with Gasteiger partial charge in [-0.25, -0.2) is 8.91 Å². The lowest BCUT2D eigenvalue weighted by Crippen LogP contribution is -2.48. The molecule has 6 rings (SSSR count). The van der Waals surface area contributed by atoms with E-state index >= 15 is 0 Å². The molecule has 0 unspecified atom stereocenters. The van der Waals surface area contributed by atoms with E-state index in [0.29, 0.717) is 35.1 Å². The predicted octanol–water partition coefficient (Wildman–Crippen LogP) is 5.65. The number of piperidine rings is 1. The Kier molecular flexibility index (Phi) is 5.21. The standard InChI is InChI=1S/C24H22F4N6S/c1-13-7-20(35-32-13)33-11-14-4-5-15(12-33)21(14)29-23-30-22-19(3-2-6-34(22)31-23)16-8-17(24(26,27)28)10-18(25)9-16/h2-3,6-10,14-15,21H,4-5,11-12H2,1H3,(H,29,31)/t14-,15+,21-. The van der Waals surface area contributed by atoms with Crippen molar-refractivity contribution in [3.8, 4) is 11.1 Å². The molecule has 11 heteroatoms. The van der Waals surface area contributed by atoms with Crippen molar-refractivity contribution in [3.63, 3.8) is 0 Å². The summed E-state index contributed by atoms with van der Waals surface area (Å²) < 4.78 is 59.7. The van der Waals surface area contributed by atoms with Gasteiger partial charge in [-0.05, 0) is 85.1 Å². The van der Waals surface area contributed by atoms with Crippen LogP contribution in [0.25, 0.3) is 16.8 Å². The van der Waals surface area contributed by atoms with E-state index < -0.39 is 17.6 Å². The predicted molar refractivity (Wildman–Crippen MR) is 126 cm³/mol. The van der Waals surface area contributed by atoms with Crippen LogP contribution in [0.2, 0.25) is 0 Å². The van der Waals surface area contributed by atoms with Crippen LogP contribution < -0.4 is 10.2 Å². The fourth-order valence-electron chi connectivity index (χ4n) is 5.39. The molecule has 3 aromatic heterocycles. The molecule has 182 valence electrons. The zero-order chi connectivity index (χ0) is 24.3. The van der Waals surface area contributed by atoms with Crippen LogP contribution in [-0.4, -0.2) is 38.1 Å². The number of nitrogens with one attached hydrogen (secondary N) is 1. The second-order valence-corrected chi connectivity index (χ2v) is 10.1. The first-order valence-corrected chi connectivity index (χ1v) is 12.2. The Hall–Kier alpha value is -3.21. The summed E-state index contributed by atoms with van der Waals surface area (Å²) >= 11 is 1.53. The van der Waals surface area contributed by atoms with E-state index in [1.54, 1.807) is 18.3 Å². The molecule has 0 amide bonds. The van der Waals surface area contributed by atoms with E-state index in [4.69, 9.17) is 0 Å². The lowest BCUT2D eigenvalue weighted by molar-refractivity contribution is -0.137. The van der Waals surface area contributed by atoms with Gasteiger partial charge in [0, 0.05) is 30.9 Å². The molecule has 2 aliphatic rings. The zero-order valence-corrected chi connectivity index (χ0v) is 19.6. The minimum atomic E-state index is -4.64. The Morgan fingerprint density at radius 2 is 1.86 bits per heavy atom. The van der Waals surface area contributed by atoms with Crippen LogP contribution >= 0.6 is 11.5 Å². The van der Waals surface area contributed by atoms with Gasteiger partial charge in [-0.2, -0.15) is 22.5 Å². The molecule has 4 heterocycles. The summed E-state index contributed by atoms with van der Waals surface area (Å²) in [6, 6.07) is 8.16. The lowest BCUT2D eigenvalue weighted by Gasteiger charge is -2.38. The number of alkyl halides is 3. The van der Waals surface area contributed by atoms with Crippen molar-refractivity contribution >= 4 is 28.1 Å². The van der Waals surface area contributed by atoms with Gasteiger partial charge in [0.25, 0.3) is 0 Å². The molecule has 1 aromatic carbocycles. The number of aryl methyl sites for hydroxylation is 1. The van der Waals surface area contributed by atoms with Crippen molar-refractivity contribution in [2.45, 2.75) is 32.0 Å². The fourth-order valence-corrected chi connectivity index (χ4v) is 6.17. The first-order chi connectivity index (χ1) is 16.7. The normalized spacial score (nSPS) is 22.2. The quantitative estimate of drug-likeness (QED) is 0.366. The molecule has 0 radical (unpaired) electrons. The van der Waals surface area contributed by atoms with Crippen molar-refractivity contribution in [2.75, 3.05) is 23.3 Å². The van der Waals surface area contributed by atoms with Crippen molar-refractivity contribution < 1.29 is 17.6 Å². The maximum Gasteiger partial charge on any atom is 0.416 e. The van der Waals surface area contributed by atoms with Crippen LogP contribution in [0.1, 0.15) is 24.1 Å². The molecule has 3 atom stereocenters. The van der Waals surface area contributed by atoms with Crippen molar-refractivity contribution in [3.05, 3.63) is 59.7 Å². The van der Waals surface area contributed by atoms with Crippen LogP contribution in [0, 0.1) is 24.6 Å². The largest absolute Gasteiger partial charge is 0.416 e. The lowest BCUT2D eigenvalue weighted by atomic mass is 9.92. The van der Waals surface area contributed by atoms with E-state index in [0.717, 1.165) is 43.8 Å². The molecule has 1 saturated heterocycles. The number of nitrogens with zero attached hydrogens (tertiary/aromatic N) is 5. The third-order valence-electron chi connectivity index (χ3n) is 6.96. The zero-order valence-electron chi connectivity index (χ0n) is 18.8. The van der Waals surface area contributed by atoms with Crippen LogP contribution in [0.4, 0.5) is 28.5 Å². The molecular weight excluding hydrogens is 480 g/mol. The first kappa shape index (κ1) is 22.3. The van der Waals surface area contributed by atoms with Gasteiger partial charge in [-0.3, -0.25) is 0 Å². The Labute approximate surface area is 202 Å². The third kappa shape index (κ3) is 4.11. The molecule has 6 nitrogen and oxygen atoms in total. The average Bonchev–Trinajstić information content (AvgIpc) is 3.48. The molecule has 35 heavy (non-hydrogen) atoms. The Morgan fingerprint density at radius 3 is 2.54 bits per heavy atom. The molecule has 1 aliphatic carbocycles.